The Morgan fingerprint density at radius 2 is 2.50 bits per heavy atom. The molecule has 2 unspecified atom stereocenters. The molecule has 2 rings (SSSR count). The van der Waals surface area contributed by atoms with Gasteiger partial charge < -0.3 is 9.67 Å². The van der Waals surface area contributed by atoms with Crippen molar-refractivity contribution in [1.82, 2.24) is 9.55 Å². The largest absolute Gasteiger partial charge is 0.387 e. The number of aryl methyl sites for hydroxylation is 1. The predicted molar refractivity (Wildman–Crippen MR) is 58.3 cm³/mol. The topological polar surface area (TPSA) is 38.1 Å². The number of thioether (sulfide) groups is 1. The summed E-state index contributed by atoms with van der Waals surface area (Å²) in [5.41, 5.74) is 0.954. The minimum absolute atomic E-state index is 0.337. The smallest absolute Gasteiger partial charge is 0.105 e. The first kappa shape index (κ1) is 10.1. The highest BCUT2D eigenvalue weighted by molar-refractivity contribution is 7.99. The summed E-state index contributed by atoms with van der Waals surface area (Å²) in [7, 11) is 1.96. The summed E-state index contributed by atoms with van der Waals surface area (Å²) in [5, 5.41) is 10.1. The van der Waals surface area contributed by atoms with Gasteiger partial charge in [0.2, 0.25) is 0 Å². The molecule has 0 aromatic carbocycles. The fourth-order valence-electron chi connectivity index (χ4n) is 1.84. The van der Waals surface area contributed by atoms with E-state index in [0.29, 0.717) is 5.92 Å². The van der Waals surface area contributed by atoms with Crippen LogP contribution in [0.25, 0.3) is 0 Å². The third kappa shape index (κ3) is 1.68. The highest BCUT2D eigenvalue weighted by Crippen LogP contribution is 2.33. The number of aromatic nitrogens is 2. The molecule has 1 aromatic heterocycles. The first-order chi connectivity index (χ1) is 6.70. The molecule has 0 spiro atoms. The van der Waals surface area contributed by atoms with Crippen molar-refractivity contribution in [2.24, 2.45) is 13.0 Å². The van der Waals surface area contributed by atoms with Gasteiger partial charge in [0.25, 0.3) is 0 Å². The fourth-order valence-corrected chi connectivity index (χ4v) is 3.13. The average molecular weight is 212 g/mol. The minimum Gasteiger partial charge on any atom is -0.387 e. The van der Waals surface area contributed by atoms with E-state index < -0.39 is 0 Å². The van der Waals surface area contributed by atoms with Crippen LogP contribution in [0.4, 0.5) is 0 Å². The van der Waals surface area contributed by atoms with E-state index in [9.17, 15) is 5.11 Å². The van der Waals surface area contributed by atoms with Gasteiger partial charge in [-0.3, -0.25) is 0 Å². The fraction of sp³-hybridized carbons (Fsp3) is 0.700. The van der Waals surface area contributed by atoms with Crippen LogP contribution in [0.5, 0.6) is 0 Å². The van der Waals surface area contributed by atoms with Crippen LogP contribution in [0.2, 0.25) is 0 Å². The van der Waals surface area contributed by atoms with E-state index >= 15 is 0 Å². The summed E-state index contributed by atoms with van der Waals surface area (Å²) < 4.78 is 1.98. The lowest BCUT2D eigenvalue weighted by Gasteiger charge is -2.17. The van der Waals surface area contributed by atoms with Gasteiger partial charge in [-0.05, 0) is 24.9 Å². The zero-order chi connectivity index (χ0) is 10.1. The Balaban J connectivity index is 2.17. The highest BCUT2D eigenvalue weighted by atomic mass is 32.2. The third-order valence-corrected chi connectivity index (χ3v) is 4.16. The normalized spacial score (nSPS) is 24.1. The zero-order valence-electron chi connectivity index (χ0n) is 8.60. The molecule has 2 atom stereocenters. The summed E-state index contributed by atoms with van der Waals surface area (Å²) in [4.78, 5) is 4.20. The maximum Gasteiger partial charge on any atom is 0.105 e. The first-order valence-corrected chi connectivity index (χ1v) is 6.09. The summed E-state index contributed by atoms with van der Waals surface area (Å²) >= 11 is 1.93. The molecule has 0 radical (unpaired) electrons. The highest BCUT2D eigenvalue weighted by Gasteiger charge is 2.26. The lowest BCUT2D eigenvalue weighted by molar-refractivity contribution is 0.114. The maximum atomic E-state index is 10.1. The van der Waals surface area contributed by atoms with Crippen LogP contribution in [0.1, 0.15) is 24.0 Å². The second-order valence-corrected chi connectivity index (χ2v) is 5.01. The van der Waals surface area contributed by atoms with Gasteiger partial charge in [0.1, 0.15) is 5.82 Å². The third-order valence-electron chi connectivity index (χ3n) is 2.97. The molecular weight excluding hydrogens is 196 g/mol. The van der Waals surface area contributed by atoms with Crippen LogP contribution >= 0.6 is 11.8 Å². The summed E-state index contributed by atoms with van der Waals surface area (Å²) in [6, 6.07) is 0. The molecule has 4 heteroatoms. The van der Waals surface area contributed by atoms with Crippen molar-refractivity contribution in [3.63, 3.8) is 0 Å². The van der Waals surface area contributed by atoms with Gasteiger partial charge in [0.15, 0.2) is 0 Å². The molecule has 0 bridgehead atoms. The van der Waals surface area contributed by atoms with Crippen LogP contribution in [0.3, 0.4) is 0 Å². The molecule has 1 N–H and O–H groups in total. The second-order valence-electron chi connectivity index (χ2n) is 3.86. The monoisotopic (exact) mass is 212 g/mol. The molecule has 1 aromatic rings. The van der Waals surface area contributed by atoms with Gasteiger partial charge in [0.05, 0.1) is 18.0 Å². The van der Waals surface area contributed by atoms with Crippen LogP contribution in [0, 0.1) is 12.8 Å². The standard InChI is InChI=1S/C10H16N2OS/c1-7-11-5-9(12(7)2)10(13)8-3-4-14-6-8/h5,8,10,13H,3-4,6H2,1-2H3. The van der Waals surface area contributed by atoms with Crippen molar-refractivity contribution in [3.8, 4) is 0 Å². The van der Waals surface area contributed by atoms with Gasteiger partial charge in [-0.15, -0.1) is 0 Å². The second kappa shape index (κ2) is 3.95. The Bertz CT molecular complexity index is 318. The van der Waals surface area contributed by atoms with Gasteiger partial charge in [-0.25, -0.2) is 4.98 Å². The number of aliphatic hydroxyl groups is 1. The van der Waals surface area contributed by atoms with E-state index in [1.165, 1.54) is 5.75 Å². The Morgan fingerprint density at radius 1 is 1.71 bits per heavy atom. The van der Waals surface area contributed by atoms with Gasteiger partial charge in [0, 0.05) is 13.0 Å². The molecule has 0 saturated carbocycles. The maximum absolute atomic E-state index is 10.1. The molecule has 3 nitrogen and oxygen atoms in total. The lowest BCUT2D eigenvalue weighted by Crippen LogP contribution is -2.15. The van der Waals surface area contributed by atoms with Crippen LogP contribution in [-0.2, 0) is 7.05 Å². The number of hydrogen-bond donors (Lipinski definition) is 1. The molecule has 0 amide bonds. The number of rotatable bonds is 2. The van der Waals surface area contributed by atoms with Crippen LogP contribution in [0.15, 0.2) is 6.20 Å². The summed E-state index contributed by atoms with van der Waals surface area (Å²) in [6.45, 7) is 1.96. The molecule has 1 aliphatic rings. The molecule has 14 heavy (non-hydrogen) atoms. The predicted octanol–water partition coefficient (Wildman–Crippen LogP) is 1.52. The van der Waals surface area contributed by atoms with Crippen LogP contribution in [-0.4, -0.2) is 26.2 Å². The first-order valence-electron chi connectivity index (χ1n) is 4.94. The van der Waals surface area contributed by atoms with E-state index in [1.54, 1.807) is 6.20 Å². The Labute approximate surface area is 88.5 Å². The summed E-state index contributed by atoms with van der Waals surface area (Å²) in [6.07, 6.45) is 2.58. The molecule has 1 aliphatic heterocycles. The van der Waals surface area contributed by atoms with Gasteiger partial charge >= 0.3 is 0 Å². The quantitative estimate of drug-likeness (QED) is 0.807. The molecule has 0 aliphatic carbocycles. The number of aliphatic hydroxyl groups excluding tert-OH is 1. The molecule has 2 heterocycles. The van der Waals surface area contributed by atoms with Crippen molar-refractivity contribution in [2.45, 2.75) is 19.4 Å². The van der Waals surface area contributed by atoms with Crippen molar-refractivity contribution in [2.75, 3.05) is 11.5 Å². The minimum atomic E-state index is -0.337. The Hall–Kier alpha value is -0.480. The zero-order valence-corrected chi connectivity index (χ0v) is 9.42. The van der Waals surface area contributed by atoms with Gasteiger partial charge in [-0.2, -0.15) is 11.8 Å². The van der Waals surface area contributed by atoms with Crippen molar-refractivity contribution in [1.29, 1.82) is 0 Å². The summed E-state index contributed by atoms with van der Waals surface area (Å²) in [5.74, 6) is 3.63. The van der Waals surface area contributed by atoms with Crippen molar-refractivity contribution < 1.29 is 5.11 Å². The SMILES string of the molecule is Cc1ncc(C(O)C2CCSC2)n1C. The lowest BCUT2D eigenvalue weighted by atomic mass is 10.00. The number of imidazole rings is 1. The van der Waals surface area contributed by atoms with E-state index in [1.807, 2.05) is 30.3 Å². The van der Waals surface area contributed by atoms with E-state index in [2.05, 4.69) is 4.98 Å². The van der Waals surface area contributed by atoms with Crippen molar-refractivity contribution >= 4 is 11.8 Å². The van der Waals surface area contributed by atoms with Gasteiger partial charge in [-0.1, -0.05) is 0 Å². The molecule has 1 saturated heterocycles. The number of nitrogens with zero attached hydrogens (tertiary/aromatic N) is 2. The van der Waals surface area contributed by atoms with Crippen molar-refractivity contribution in [3.05, 3.63) is 17.7 Å². The van der Waals surface area contributed by atoms with E-state index in [-0.39, 0.29) is 6.10 Å². The number of hydrogen-bond acceptors (Lipinski definition) is 3. The van der Waals surface area contributed by atoms with Crippen LogP contribution < -0.4 is 0 Å². The van der Waals surface area contributed by atoms with E-state index in [0.717, 1.165) is 23.7 Å². The molecule has 1 fully saturated rings. The molecule has 78 valence electrons. The van der Waals surface area contributed by atoms with E-state index in [4.69, 9.17) is 0 Å². The Morgan fingerprint density at radius 3 is 3.00 bits per heavy atom. The average Bonchev–Trinajstić information content (AvgIpc) is 2.77. The Kier molecular flexibility index (Phi) is 2.83. The molecular formula is C10H16N2OS.